The summed E-state index contributed by atoms with van der Waals surface area (Å²) < 4.78 is 0. The molecule has 166 valence electrons. The van der Waals surface area contributed by atoms with Crippen LogP contribution in [0.3, 0.4) is 0 Å². The Balaban J connectivity index is 0.00000225. The average molecular weight is 455 g/mol. The van der Waals surface area contributed by atoms with Crippen LogP contribution < -0.4 is 11.1 Å². The lowest BCUT2D eigenvalue weighted by Gasteiger charge is -2.35. The van der Waals surface area contributed by atoms with Crippen molar-refractivity contribution in [3.63, 3.8) is 0 Å². The molecule has 6 nitrogen and oxygen atoms in total. The van der Waals surface area contributed by atoms with Gasteiger partial charge in [0.25, 0.3) is 0 Å². The monoisotopic (exact) mass is 454 g/mol. The third kappa shape index (κ3) is 6.57. The predicted molar refractivity (Wildman–Crippen MR) is 126 cm³/mol. The van der Waals surface area contributed by atoms with Gasteiger partial charge in [0.2, 0.25) is 11.8 Å². The molecule has 0 saturated carbocycles. The number of carbonyl (C=O) groups is 2. The Kier molecular flexibility index (Phi) is 10.6. The van der Waals surface area contributed by atoms with Crippen LogP contribution in [-0.4, -0.2) is 60.4 Å². The van der Waals surface area contributed by atoms with Crippen LogP contribution in [0.15, 0.2) is 42.5 Å². The lowest BCUT2D eigenvalue weighted by Crippen LogP contribution is -2.52. The maximum atomic E-state index is 12.4. The molecule has 2 amide bonds. The van der Waals surface area contributed by atoms with Crippen molar-refractivity contribution in [2.45, 2.75) is 26.4 Å². The SMILES string of the molecule is CC(C)[C@H](N)C(=O)NCC(=O)N1CCN(Cc2cccc3ccccc23)CC1.Cl.Cl. The molecule has 0 aromatic heterocycles. The maximum Gasteiger partial charge on any atom is 0.242 e. The quantitative estimate of drug-likeness (QED) is 0.702. The first-order valence-corrected chi connectivity index (χ1v) is 9.96. The van der Waals surface area contributed by atoms with Crippen LogP contribution in [0.4, 0.5) is 0 Å². The Morgan fingerprint density at radius 3 is 2.30 bits per heavy atom. The smallest absolute Gasteiger partial charge is 0.242 e. The summed E-state index contributed by atoms with van der Waals surface area (Å²) in [5.41, 5.74) is 7.12. The summed E-state index contributed by atoms with van der Waals surface area (Å²) in [5.74, 6) is -0.264. The number of nitrogens with two attached hydrogens (primary N) is 1. The van der Waals surface area contributed by atoms with E-state index >= 15 is 0 Å². The van der Waals surface area contributed by atoms with E-state index in [1.165, 1.54) is 16.3 Å². The summed E-state index contributed by atoms with van der Waals surface area (Å²) in [6.07, 6.45) is 0. The van der Waals surface area contributed by atoms with E-state index < -0.39 is 6.04 Å². The Morgan fingerprint density at radius 1 is 1.00 bits per heavy atom. The fourth-order valence-corrected chi connectivity index (χ4v) is 3.52. The van der Waals surface area contributed by atoms with Gasteiger partial charge in [0.15, 0.2) is 0 Å². The molecule has 0 aliphatic carbocycles. The summed E-state index contributed by atoms with van der Waals surface area (Å²) in [6, 6.07) is 14.3. The third-order valence-electron chi connectivity index (χ3n) is 5.43. The van der Waals surface area contributed by atoms with Gasteiger partial charge in [-0.05, 0) is 22.3 Å². The number of nitrogens with zero attached hydrogens (tertiary/aromatic N) is 2. The fourth-order valence-electron chi connectivity index (χ4n) is 3.52. The van der Waals surface area contributed by atoms with Crippen LogP contribution in [0.1, 0.15) is 19.4 Å². The Hall–Kier alpha value is -1.86. The minimum Gasteiger partial charge on any atom is -0.346 e. The zero-order valence-electron chi connectivity index (χ0n) is 17.5. The molecule has 1 fully saturated rings. The number of fused-ring (bicyclic) bond motifs is 1. The van der Waals surface area contributed by atoms with Gasteiger partial charge in [0, 0.05) is 32.7 Å². The Morgan fingerprint density at radius 2 is 1.63 bits per heavy atom. The van der Waals surface area contributed by atoms with E-state index in [1.54, 1.807) is 0 Å². The second-order valence-electron chi connectivity index (χ2n) is 7.78. The Labute approximate surface area is 191 Å². The molecule has 0 radical (unpaired) electrons. The van der Waals surface area contributed by atoms with E-state index in [-0.39, 0.29) is 49.1 Å². The van der Waals surface area contributed by atoms with Crippen molar-refractivity contribution < 1.29 is 9.59 Å². The Bertz CT molecular complexity index is 834. The number of rotatable bonds is 6. The number of nitrogens with one attached hydrogen (secondary N) is 1. The third-order valence-corrected chi connectivity index (χ3v) is 5.43. The highest BCUT2D eigenvalue weighted by Gasteiger charge is 2.23. The lowest BCUT2D eigenvalue weighted by molar-refractivity contribution is -0.134. The molecular formula is C22H32Cl2N4O2. The van der Waals surface area contributed by atoms with Gasteiger partial charge in [-0.25, -0.2) is 0 Å². The van der Waals surface area contributed by atoms with E-state index in [1.807, 2.05) is 18.7 Å². The standard InChI is InChI=1S/C22H30N4O2.2ClH/c1-16(2)21(23)22(28)24-14-20(27)26-12-10-25(11-13-26)15-18-8-5-7-17-6-3-4-9-19(17)18;;/h3-9,16,21H,10-15,23H2,1-2H3,(H,24,28);2*1H/t21-;;/m0../s1. The molecule has 1 atom stereocenters. The fraction of sp³-hybridized carbons (Fsp3) is 0.455. The first kappa shape index (κ1) is 26.2. The zero-order chi connectivity index (χ0) is 20.1. The normalized spacial score (nSPS) is 15.3. The summed E-state index contributed by atoms with van der Waals surface area (Å²) in [4.78, 5) is 28.5. The van der Waals surface area contributed by atoms with Gasteiger partial charge in [-0.1, -0.05) is 56.3 Å². The number of benzene rings is 2. The van der Waals surface area contributed by atoms with Crippen LogP contribution in [0.2, 0.25) is 0 Å². The highest BCUT2D eigenvalue weighted by molar-refractivity contribution is 5.87. The van der Waals surface area contributed by atoms with Gasteiger partial charge in [-0.15, -0.1) is 24.8 Å². The first-order chi connectivity index (χ1) is 13.5. The molecular weight excluding hydrogens is 423 g/mol. The van der Waals surface area contributed by atoms with Crippen LogP contribution in [0.5, 0.6) is 0 Å². The molecule has 3 rings (SSSR count). The highest BCUT2D eigenvalue weighted by atomic mass is 35.5. The van der Waals surface area contributed by atoms with E-state index in [0.29, 0.717) is 13.1 Å². The van der Waals surface area contributed by atoms with Crippen molar-refractivity contribution in [1.82, 2.24) is 15.1 Å². The number of piperazine rings is 1. The van der Waals surface area contributed by atoms with Gasteiger partial charge < -0.3 is 16.0 Å². The van der Waals surface area contributed by atoms with Crippen LogP contribution >= 0.6 is 24.8 Å². The molecule has 30 heavy (non-hydrogen) atoms. The van der Waals surface area contributed by atoms with Crippen LogP contribution in [-0.2, 0) is 16.1 Å². The van der Waals surface area contributed by atoms with Crippen molar-refractivity contribution in [2.75, 3.05) is 32.7 Å². The highest BCUT2D eigenvalue weighted by Crippen LogP contribution is 2.20. The van der Waals surface area contributed by atoms with E-state index in [0.717, 1.165) is 19.6 Å². The minimum absolute atomic E-state index is 0. The topological polar surface area (TPSA) is 78.7 Å². The molecule has 1 saturated heterocycles. The van der Waals surface area contributed by atoms with Gasteiger partial charge >= 0.3 is 0 Å². The zero-order valence-corrected chi connectivity index (χ0v) is 19.2. The molecule has 0 spiro atoms. The maximum absolute atomic E-state index is 12.4. The molecule has 3 N–H and O–H groups in total. The van der Waals surface area contributed by atoms with Crippen LogP contribution in [0, 0.1) is 5.92 Å². The molecule has 2 aromatic carbocycles. The minimum atomic E-state index is -0.578. The molecule has 1 heterocycles. The molecule has 0 unspecified atom stereocenters. The predicted octanol–water partition coefficient (Wildman–Crippen LogP) is 2.43. The summed E-state index contributed by atoms with van der Waals surface area (Å²) in [6.45, 7) is 7.68. The van der Waals surface area contributed by atoms with E-state index in [4.69, 9.17) is 5.73 Å². The summed E-state index contributed by atoms with van der Waals surface area (Å²) >= 11 is 0. The molecule has 2 aromatic rings. The number of amides is 2. The van der Waals surface area contributed by atoms with Gasteiger partial charge in [-0.3, -0.25) is 14.5 Å². The summed E-state index contributed by atoms with van der Waals surface area (Å²) in [5, 5.41) is 5.20. The van der Waals surface area contributed by atoms with E-state index in [9.17, 15) is 9.59 Å². The van der Waals surface area contributed by atoms with Gasteiger partial charge in [0.05, 0.1) is 12.6 Å². The van der Waals surface area contributed by atoms with E-state index in [2.05, 4.69) is 52.7 Å². The van der Waals surface area contributed by atoms with Crippen molar-refractivity contribution in [2.24, 2.45) is 11.7 Å². The van der Waals surface area contributed by atoms with Crippen molar-refractivity contribution in [1.29, 1.82) is 0 Å². The lowest BCUT2D eigenvalue weighted by atomic mass is 10.0. The average Bonchev–Trinajstić information content (AvgIpc) is 2.72. The van der Waals surface area contributed by atoms with Crippen LogP contribution in [0.25, 0.3) is 10.8 Å². The second-order valence-corrected chi connectivity index (χ2v) is 7.78. The van der Waals surface area contributed by atoms with Crippen molar-refractivity contribution >= 4 is 47.4 Å². The molecule has 0 bridgehead atoms. The van der Waals surface area contributed by atoms with Gasteiger partial charge in [0.1, 0.15) is 0 Å². The number of hydrogen-bond donors (Lipinski definition) is 2. The molecule has 8 heteroatoms. The summed E-state index contributed by atoms with van der Waals surface area (Å²) in [7, 11) is 0. The molecule has 1 aliphatic rings. The second kappa shape index (κ2) is 12.1. The first-order valence-electron chi connectivity index (χ1n) is 9.96. The largest absolute Gasteiger partial charge is 0.346 e. The molecule has 1 aliphatic heterocycles. The van der Waals surface area contributed by atoms with Crippen molar-refractivity contribution in [3.05, 3.63) is 48.0 Å². The van der Waals surface area contributed by atoms with Crippen molar-refractivity contribution in [3.8, 4) is 0 Å². The number of halogens is 2. The number of hydrogen-bond acceptors (Lipinski definition) is 4. The van der Waals surface area contributed by atoms with Gasteiger partial charge in [-0.2, -0.15) is 0 Å². The number of carbonyl (C=O) groups excluding carboxylic acids is 2.